The van der Waals surface area contributed by atoms with Gasteiger partial charge in [0.2, 0.25) is 5.91 Å². The first-order valence-electron chi connectivity index (χ1n) is 5.85. The van der Waals surface area contributed by atoms with Crippen LogP contribution in [0.5, 0.6) is 0 Å². The number of carbonyl (C=O) groups excluding carboxylic acids is 1. The highest BCUT2D eigenvalue weighted by Crippen LogP contribution is 2.40. The standard InChI is InChI=1S/C13H16N2O3/c14-13(12(17)18)7-10(13)8-15-11(16)6-9-4-2-1-3-5-9/h1-5,10H,6-8,14H2,(H,15,16)(H,17,18)/t10-,13-/m0/s1. The molecule has 1 aromatic carbocycles. The van der Waals surface area contributed by atoms with E-state index in [2.05, 4.69) is 5.32 Å². The Kier molecular flexibility index (Phi) is 3.34. The van der Waals surface area contributed by atoms with E-state index in [0.29, 0.717) is 19.4 Å². The molecule has 1 aromatic rings. The molecule has 0 heterocycles. The fraction of sp³-hybridized carbons (Fsp3) is 0.385. The summed E-state index contributed by atoms with van der Waals surface area (Å²) in [4.78, 5) is 22.4. The largest absolute Gasteiger partial charge is 0.480 e. The number of hydrogen-bond acceptors (Lipinski definition) is 3. The maximum atomic E-state index is 11.6. The summed E-state index contributed by atoms with van der Waals surface area (Å²) < 4.78 is 0. The molecule has 0 aromatic heterocycles. The zero-order chi connectivity index (χ0) is 13.2. The van der Waals surface area contributed by atoms with Crippen LogP contribution in [0.4, 0.5) is 0 Å². The first-order valence-corrected chi connectivity index (χ1v) is 5.85. The van der Waals surface area contributed by atoms with Gasteiger partial charge >= 0.3 is 5.97 Å². The van der Waals surface area contributed by atoms with Crippen molar-refractivity contribution in [2.75, 3.05) is 6.54 Å². The molecule has 1 aliphatic carbocycles. The summed E-state index contributed by atoms with van der Waals surface area (Å²) in [7, 11) is 0. The first kappa shape index (κ1) is 12.6. The number of carboxylic acids is 1. The van der Waals surface area contributed by atoms with E-state index in [0.717, 1.165) is 5.56 Å². The minimum Gasteiger partial charge on any atom is -0.480 e. The smallest absolute Gasteiger partial charge is 0.324 e. The van der Waals surface area contributed by atoms with Crippen LogP contribution in [0.2, 0.25) is 0 Å². The van der Waals surface area contributed by atoms with Crippen LogP contribution in [0.1, 0.15) is 12.0 Å². The summed E-state index contributed by atoms with van der Waals surface area (Å²) in [6, 6.07) is 9.39. The molecule has 0 spiro atoms. The number of rotatable bonds is 5. The SMILES string of the molecule is N[C@@]1(C(=O)O)C[C@H]1CNC(=O)Cc1ccccc1. The van der Waals surface area contributed by atoms with Gasteiger partial charge in [-0.15, -0.1) is 0 Å². The van der Waals surface area contributed by atoms with Crippen LogP contribution in [-0.4, -0.2) is 29.1 Å². The summed E-state index contributed by atoms with van der Waals surface area (Å²) >= 11 is 0. The van der Waals surface area contributed by atoms with E-state index in [1.54, 1.807) is 0 Å². The summed E-state index contributed by atoms with van der Waals surface area (Å²) in [6.07, 6.45) is 0.728. The lowest BCUT2D eigenvalue weighted by Gasteiger charge is -2.07. The Bertz CT molecular complexity index is 461. The van der Waals surface area contributed by atoms with Gasteiger partial charge in [0.05, 0.1) is 6.42 Å². The van der Waals surface area contributed by atoms with Crippen molar-refractivity contribution in [3.8, 4) is 0 Å². The Morgan fingerprint density at radius 3 is 2.61 bits per heavy atom. The third-order valence-electron chi connectivity index (χ3n) is 3.30. The van der Waals surface area contributed by atoms with Gasteiger partial charge in [-0.3, -0.25) is 9.59 Å². The second kappa shape index (κ2) is 4.78. The molecule has 0 radical (unpaired) electrons. The van der Waals surface area contributed by atoms with E-state index in [9.17, 15) is 9.59 Å². The van der Waals surface area contributed by atoms with E-state index in [1.807, 2.05) is 30.3 Å². The third kappa shape index (κ3) is 2.68. The molecule has 2 atom stereocenters. The molecule has 1 fully saturated rings. The highest BCUT2D eigenvalue weighted by molar-refractivity contribution is 5.83. The molecule has 1 amide bonds. The number of carboxylic acid groups (broad SMARTS) is 1. The van der Waals surface area contributed by atoms with Gasteiger partial charge in [0, 0.05) is 12.5 Å². The van der Waals surface area contributed by atoms with Crippen molar-refractivity contribution >= 4 is 11.9 Å². The minimum atomic E-state index is -1.14. The number of nitrogens with one attached hydrogen (secondary N) is 1. The van der Waals surface area contributed by atoms with Crippen LogP contribution in [0, 0.1) is 5.92 Å². The van der Waals surface area contributed by atoms with Gasteiger partial charge in [0.15, 0.2) is 0 Å². The zero-order valence-corrected chi connectivity index (χ0v) is 9.93. The Morgan fingerprint density at radius 2 is 2.06 bits per heavy atom. The van der Waals surface area contributed by atoms with Crippen LogP contribution in [0.25, 0.3) is 0 Å². The predicted octanol–water partition coefficient (Wildman–Crippen LogP) is 0.147. The van der Waals surface area contributed by atoms with Crippen LogP contribution in [0.15, 0.2) is 30.3 Å². The molecular formula is C13H16N2O3. The molecular weight excluding hydrogens is 232 g/mol. The second-order valence-corrected chi connectivity index (χ2v) is 4.71. The third-order valence-corrected chi connectivity index (χ3v) is 3.30. The molecule has 5 heteroatoms. The maximum Gasteiger partial charge on any atom is 0.324 e. The first-order chi connectivity index (χ1) is 8.52. The van der Waals surface area contributed by atoms with Crippen LogP contribution in [-0.2, 0) is 16.0 Å². The Hall–Kier alpha value is -1.88. The lowest BCUT2D eigenvalue weighted by molar-refractivity contribution is -0.140. The molecule has 18 heavy (non-hydrogen) atoms. The predicted molar refractivity (Wildman–Crippen MR) is 65.8 cm³/mol. The van der Waals surface area contributed by atoms with E-state index in [1.165, 1.54) is 0 Å². The number of amides is 1. The molecule has 5 nitrogen and oxygen atoms in total. The van der Waals surface area contributed by atoms with Gasteiger partial charge in [0.25, 0.3) is 0 Å². The van der Waals surface area contributed by atoms with Crippen LogP contribution in [0.3, 0.4) is 0 Å². The van der Waals surface area contributed by atoms with E-state index >= 15 is 0 Å². The van der Waals surface area contributed by atoms with Crippen LogP contribution < -0.4 is 11.1 Å². The van der Waals surface area contributed by atoms with Gasteiger partial charge in [-0.25, -0.2) is 0 Å². The molecule has 1 saturated carbocycles. The van der Waals surface area contributed by atoms with Crippen molar-refractivity contribution in [1.29, 1.82) is 0 Å². The highest BCUT2D eigenvalue weighted by Gasteiger charge is 2.57. The van der Waals surface area contributed by atoms with E-state index in [-0.39, 0.29) is 11.8 Å². The summed E-state index contributed by atoms with van der Waals surface area (Å²) in [6.45, 7) is 0.328. The quantitative estimate of drug-likeness (QED) is 0.691. The van der Waals surface area contributed by atoms with Gasteiger partial charge in [-0.1, -0.05) is 30.3 Å². The number of aliphatic carboxylic acids is 1. The molecule has 2 rings (SSSR count). The Balaban J connectivity index is 1.76. The minimum absolute atomic E-state index is 0.110. The highest BCUT2D eigenvalue weighted by atomic mass is 16.4. The number of nitrogens with two attached hydrogens (primary N) is 1. The lowest BCUT2D eigenvalue weighted by Crippen LogP contribution is -2.38. The summed E-state index contributed by atoms with van der Waals surface area (Å²) in [5.74, 6) is -1.26. The molecule has 0 aliphatic heterocycles. The summed E-state index contributed by atoms with van der Waals surface area (Å²) in [5.41, 5.74) is 5.42. The second-order valence-electron chi connectivity index (χ2n) is 4.71. The van der Waals surface area contributed by atoms with Crippen molar-refractivity contribution in [3.63, 3.8) is 0 Å². The fourth-order valence-electron chi connectivity index (χ4n) is 1.95. The Labute approximate surface area is 105 Å². The molecule has 96 valence electrons. The molecule has 0 bridgehead atoms. The van der Waals surface area contributed by atoms with Crippen molar-refractivity contribution in [2.45, 2.75) is 18.4 Å². The molecule has 1 aliphatic rings. The average molecular weight is 248 g/mol. The van der Waals surface area contributed by atoms with Gasteiger partial charge < -0.3 is 16.2 Å². The van der Waals surface area contributed by atoms with Crippen molar-refractivity contribution in [2.24, 2.45) is 11.7 Å². The topological polar surface area (TPSA) is 92.4 Å². The van der Waals surface area contributed by atoms with E-state index in [4.69, 9.17) is 10.8 Å². The summed E-state index contributed by atoms with van der Waals surface area (Å²) in [5, 5.41) is 11.6. The fourth-order valence-corrected chi connectivity index (χ4v) is 1.95. The van der Waals surface area contributed by atoms with Crippen molar-refractivity contribution < 1.29 is 14.7 Å². The number of hydrogen-bond donors (Lipinski definition) is 3. The van der Waals surface area contributed by atoms with Gasteiger partial charge in [-0.2, -0.15) is 0 Å². The molecule has 4 N–H and O–H groups in total. The molecule has 0 unspecified atom stereocenters. The average Bonchev–Trinajstić information content (AvgIpc) is 3.01. The van der Waals surface area contributed by atoms with Crippen molar-refractivity contribution in [3.05, 3.63) is 35.9 Å². The van der Waals surface area contributed by atoms with Crippen LogP contribution >= 0.6 is 0 Å². The van der Waals surface area contributed by atoms with Crippen molar-refractivity contribution in [1.82, 2.24) is 5.32 Å². The lowest BCUT2D eigenvalue weighted by atomic mass is 10.1. The van der Waals surface area contributed by atoms with E-state index < -0.39 is 11.5 Å². The monoisotopic (exact) mass is 248 g/mol. The van der Waals surface area contributed by atoms with Gasteiger partial charge in [0.1, 0.15) is 5.54 Å². The number of carbonyl (C=O) groups is 2. The maximum absolute atomic E-state index is 11.6. The number of benzene rings is 1. The zero-order valence-electron chi connectivity index (χ0n) is 9.93. The molecule has 0 saturated heterocycles. The van der Waals surface area contributed by atoms with Gasteiger partial charge in [-0.05, 0) is 12.0 Å². The normalized spacial score (nSPS) is 25.5. The Morgan fingerprint density at radius 1 is 1.39 bits per heavy atom.